The lowest BCUT2D eigenvalue weighted by atomic mass is 9.89. The van der Waals surface area contributed by atoms with Gasteiger partial charge in [-0.15, -0.1) is 0 Å². The van der Waals surface area contributed by atoms with E-state index in [4.69, 9.17) is 9.72 Å². The summed E-state index contributed by atoms with van der Waals surface area (Å²) in [6.45, 7) is 0. The van der Waals surface area contributed by atoms with Crippen LogP contribution in [0, 0.1) is 0 Å². The molecular weight excluding hydrogens is 418 g/mol. The third-order valence-electron chi connectivity index (χ3n) is 6.60. The van der Waals surface area contributed by atoms with Crippen LogP contribution in [-0.2, 0) is 7.05 Å². The van der Waals surface area contributed by atoms with E-state index in [9.17, 15) is 0 Å². The Labute approximate surface area is 199 Å². The summed E-state index contributed by atoms with van der Waals surface area (Å²) in [5.74, 6) is 0.842. The van der Waals surface area contributed by atoms with E-state index in [-0.39, 0.29) is 6.04 Å². The lowest BCUT2D eigenvalue weighted by molar-refractivity contribution is 0.415. The summed E-state index contributed by atoms with van der Waals surface area (Å²) >= 11 is 0. The second-order valence-electron chi connectivity index (χ2n) is 8.56. The Hall–Kier alpha value is -4.31. The smallest absolute Gasteiger partial charge is 0.119 e. The minimum atomic E-state index is -0.0385. The normalized spacial score (nSPS) is 15.2. The number of fused-ring (bicyclic) bond motifs is 2. The van der Waals surface area contributed by atoms with Crippen LogP contribution in [-0.4, -0.2) is 16.7 Å². The van der Waals surface area contributed by atoms with Crippen LogP contribution in [0.3, 0.4) is 0 Å². The molecule has 4 heteroatoms. The zero-order valence-corrected chi connectivity index (χ0v) is 19.2. The molecule has 6 rings (SSSR count). The standard InChI is InChI=1S/C30H25N3O/c1-32-20-26(24-11-6-7-13-28(24)32)30-25-12-8-18-31-27(25)19-29(21-9-4-3-5-10-21)33(30)22-14-16-23(34-2)17-15-22/h3-20,30H,1-2H3/t30-/m1/s1. The molecule has 0 bridgehead atoms. The van der Waals surface area contributed by atoms with E-state index in [2.05, 4.69) is 102 Å². The summed E-state index contributed by atoms with van der Waals surface area (Å²) in [5.41, 5.74) is 8.04. The third kappa shape index (κ3) is 3.27. The average Bonchev–Trinajstić information content (AvgIpc) is 3.24. The quantitative estimate of drug-likeness (QED) is 0.310. The van der Waals surface area contributed by atoms with Gasteiger partial charge in [0.05, 0.1) is 24.5 Å². The van der Waals surface area contributed by atoms with Gasteiger partial charge in [0.2, 0.25) is 0 Å². The highest BCUT2D eigenvalue weighted by molar-refractivity contribution is 5.96. The molecule has 2 aromatic heterocycles. The second kappa shape index (κ2) is 8.23. The van der Waals surface area contributed by atoms with Gasteiger partial charge in [0.15, 0.2) is 0 Å². The summed E-state index contributed by atoms with van der Waals surface area (Å²) in [6.07, 6.45) is 6.34. The summed E-state index contributed by atoms with van der Waals surface area (Å²) in [4.78, 5) is 7.21. The Kier molecular flexibility index (Phi) is 4.92. The van der Waals surface area contributed by atoms with Crippen molar-refractivity contribution in [3.8, 4) is 5.75 Å². The second-order valence-corrected chi connectivity index (χ2v) is 8.56. The van der Waals surface area contributed by atoms with Crippen molar-refractivity contribution in [1.82, 2.24) is 9.55 Å². The lowest BCUT2D eigenvalue weighted by Crippen LogP contribution is -2.31. The Bertz CT molecular complexity index is 1500. The molecule has 1 aliphatic heterocycles. The predicted molar refractivity (Wildman–Crippen MR) is 139 cm³/mol. The minimum Gasteiger partial charge on any atom is -0.497 e. The number of hydrogen-bond acceptors (Lipinski definition) is 3. The van der Waals surface area contributed by atoms with Gasteiger partial charge in [-0.25, -0.2) is 0 Å². The summed E-state index contributed by atoms with van der Waals surface area (Å²) in [7, 11) is 3.82. The molecule has 0 unspecified atom stereocenters. The first-order valence-electron chi connectivity index (χ1n) is 11.4. The predicted octanol–water partition coefficient (Wildman–Crippen LogP) is 6.69. The number of pyridine rings is 1. The first-order chi connectivity index (χ1) is 16.7. The van der Waals surface area contributed by atoms with Gasteiger partial charge in [0.25, 0.3) is 0 Å². The fourth-order valence-corrected chi connectivity index (χ4v) is 5.02. The van der Waals surface area contributed by atoms with E-state index in [0.717, 1.165) is 28.4 Å². The Morgan fingerprint density at radius 2 is 1.56 bits per heavy atom. The van der Waals surface area contributed by atoms with Gasteiger partial charge in [-0.2, -0.15) is 0 Å². The van der Waals surface area contributed by atoms with Crippen LogP contribution in [0.25, 0.3) is 22.7 Å². The highest BCUT2D eigenvalue weighted by Gasteiger charge is 2.34. The molecule has 1 atom stereocenters. The first-order valence-corrected chi connectivity index (χ1v) is 11.4. The molecule has 0 spiro atoms. The summed E-state index contributed by atoms with van der Waals surface area (Å²) in [6, 6.07) is 31.7. The van der Waals surface area contributed by atoms with Crippen molar-refractivity contribution in [2.24, 2.45) is 7.05 Å². The molecule has 0 radical (unpaired) electrons. The van der Waals surface area contributed by atoms with Crippen LogP contribution in [0.1, 0.15) is 28.4 Å². The number of aromatic nitrogens is 2. The fourth-order valence-electron chi connectivity index (χ4n) is 5.02. The Morgan fingerprint density at radius 3 is 2.35 bits per heavy atom. The number of aryl methyl sites for hydroxylation is 1. The molecule has 0 N–H and O–H groups in total. The molecule has 0 fully saturated rings. The largest absolute Gasteiger partial charge is 0.497 e. The van der Waals surface area contributed by atoms with Crippen LogP contribution < -0.4 is 9.64 Å². The van der Waals surface area contributed by atoms with Gasteiger partial charge >= 0.3 is 0 Å². The molecule has 4 nitrogen and oxygen atoms in total. The van der Waals surface area contributed by atoms with Crippen molar-refractivity contribution < 1.29 is 4.74 Å². The van der Waals surface area contributed by atoms with Gasteiger partial charge in [0.1, 0.15) is 5.75 Å². The molecule has 0 saturated carbocycles. The van der Waals surface area contributed by atoms with Crippen molar-refractivity contribution in [3.05, 3.63) is 126 Å². The molecule has 5 aromatic rings. The molecule has 0 aliphatic carbocycles. The first kappa shape index (κ1) is 20.3. The van der Waals surface area contributed by atoms with E-state index in [1.165, 1.54) is 22.0 Å². The number of para-hydroxylation sites is 1. The highest BCUT2D eigenvalue weighted by atomic mass is 16.5. The van der Waals surface area contributed by atoms with Crippen molar-refractivity contribution in [2.45, 2.75) is 6.04 Å². The maximum absolute atomic E-state index is 5.45. The van der Waals surface area contributed by atoms with Crippen molar-refractivity contribution in [2.75, 3.05) is 12.0 Å². The summed E-state index contributed by atoms with van der Waals surface area (Å²) in [5, 5.41) is 1.25. The zero-order valence-electron chi connectivity index (χ0n) is 19.2. The van der Waals surface area contributed by atoms with Crippen molar-refractivity contribution >= 4 is 28.4 Å². The average molecular weight is 444 g/mol. The maximum Gasteiger partial charge on any atom is 0.119 e. The Balaban J connectivity index is 1.65. The van der Waals surface area contributed by atoms with E-state index in [1.54, 1.807) is 7.11 Å². The molecular formula is C30H25N3O. The molecule has 0 amide bonds. The lowest BCUT2D eigenvalue weighted by Gasteiger charge is -2.39. The van der Waals surface area contributed by atoms with Crippen LogP contribution in [0.2, 0.25) is 0 Å². The molecule has 1 aliphatic rings. The van der Waals surface area contributed by atoms with E-state index >= 15 is 0 Å². The van der Waals surface area contributed by atoms with E-state index in [0.29, 0.717) is 0 Å². The number of benzene rings is 3. The minimum absolute atomic E-state index is 0.0385. The van der Waals surface area contributed by atoms with Gasteiger partial charge in [-0.05, 0) is 48.0 Å². The number of rotatable bonds is 4. The third-order valence-corrected chi connectivity index (χ3v) is 6.60. The molecule has 3 aromatic carbocycles. The number of nitrogens with zero attached hydrogens (tertiary/aromatic N) is 3. The highest BCUT2D eigenvalue weighted by Crippen LogP contribution is 2.46. The SMILES string of the molecule is COc1ccc(N2C(c3ccccc3)=Cc3ncccc3[C@@H]2c2cn(C)c3ccccc23)cc1. The molecule has 34 heavy (non-hydrogen) atoms. The van der Waals surface area contributed by atoms with Crippen molar-refractivity contribution in [3.63, 3.8) is 0 Å². The number of hydrogen-bond donors (Lipinski definition) is 0. The van der Waals surface area contributed by atoms with Gasteiger partial charge in [0, 0.05) is 47.2 Å². The van der Waals surface area contributed by atoms with Crippen LogP contribution in [0.4, 0.5) is 5.69 Å². The zero-order chi connectivity index (χ0) is 23.1. The number of anilines is 1. The number of ether oxygens (including phenoxy) is 1. The van der Waals surface area contributed by atoms with Gasteiger partial charge < -0.3 is 14.2 Å². The molecule has 3 heterocycles. The van der Waals surface area contributed by atoms with Gasteiger partial charge in [-0.3, -0.25) is 4.98 Å². The van der Waals surface area contributed by atoms with E-state index < -0.39 is 0 Å². The monoisotopic (exact) mass is 443 g/mol. The maximum atomic E-state index is 5.45. The van der Waals surface area contributed by atoms with Crippen LogP contribution >= 0.6 is 0 Å². The van der Waals surface area contributed by atoms with E-state index in [1.807, 2.05) is 24.4 Å². The summed E-state index contributed by atoms with van der Waals surface area (Å²) < 4.78 is 7.67. The Morgan fingerprint density at radius 1 is 0.794 bits per heavy atom. The van der Waals surface area contributed by atoms with Crippen LogP contribution in [0.15, 0.2) is 103 Å². The van der Waals surface area contributed by atoms with Gasteiger partial charge in [-0.1, -0.05) is 54.6 Å². The number of methoxy groups -OCH3 is 1. The van der Waals surface area contributed by atoms with Crippen molar-refractivity contribution in [1.29, 1.82) is 0 Å². The fraction of sp³-hybridized carbons (Fsp3) is 0.100. The van der Waals surface area contributed by atoms with Crippen LogP contribution in [0.5, 0.6) is 5.75 Å². The topological polar surface area (TPSA) is 30.3 Å². The molecule has 0 saturated heterocycles. The molecule has 166 valence electrons.